The Balaban J connectivity index is 1.86. The average molecular weight is 463 g/mol. The van der Waals surface area contributed by atoms with E-state index in [4.69, 9.17) is 13.9 Å². The second kappa shape index (κ2) is 11.2. The van der Waals surface area contributed by atoms with Crippen molar-refractivity contribution >= 4 is 17.9 Å². The van der Waals surface area contributed by atoms with Crippen LogP contribution in [-0.2, 0) is 4.79 Å². The number of ether oxygens (including phenoxy) is 2. The maximum absolute atomic E-state index is 13.3. The molecule has 0 unspecified atom stereocenters. The molecule has 0 aliphatic rings. The first-order chi connectivity index (χ1) is 16.4. The number of hydrogen-bond acceptors (Lipinski definition) is 5. The highest BCUT2D eigenvalue weighted by Gasteiger charge is 2.20. The maximum Gasteiger partial charge on any atom is 0.268 e. The van der Waals surface area contributed by atoms with Gasteiger partial charge in [-0.3, -0.25) is 9.59 Å². The zero-order chi connectivity index (χ0) is 24.7. The molecule has 3 aromatic rings. The first kappa shape index (κ1) is 24.6. The van der Waals surface area contributed by atoms with E-state index in [9.17, 15) is 9.59 Å². The zero-order valence-electron chi connectivity index (χ0n) is 20.1. The molecule has 1 heterocycles. The summed E-state index contributed by atoms with van der Waals surface area (Å²) in [6.07, 6.45) is 3.69. The van der Waals surface area contributed by atoms with Crippen LogP contribution in [0.3, 0.4) is 0 Å². The summed E-state index contributed by atoms with van der Waals surface area (Å²) in [5.41, 5.74) is 3.72. The van der Waals surface area contributed by atoms with Crippen molar-refractivity contribution in [3.05, 3.63) is 88.5 Å². The van der Waals surface area contributed by atoms with Gasteiger partial charge in [0.1, 0.15) is 11.5 Å². The van der Waals surface area contributed by atoms with Crippen molar-refractivity contribution in [1.82, 2.24) is 10.6 Å². The molecule has 0 saturated carbocycles. The van der Waals surface area contributed by atoms with Crippen LogP contribution in [0.4, 0.5) is 0 Å². The minimum absolute atomic E-state index is 0.0667. The number of nitrogens with one attached hydrogen (secondary N) is 2. The third kappa shape index (κ3) is 5.86. The highest BCUT2D eigenvalue weighted by atomic mass is 16.5. The molecule has 2 aromatic carbocycles. The first-order valence-electron chi connectivity index (χ1n) is 11.0. The summed E-state index contributed by atoms with van der Waals surface area (Å²) in [5.74, 6) is 0.472. The fourth-order valence-electron chi connectivity index (χ4n) is 3.48. The number of aryl methyl sites for hydroxylation is 2. The van der Waals surface area contributed by atoms with Crippen molar-refractivity contribution in [2.75, 3.05) is 14.2 Å². The van der Waals surface area contributed by atoms with Crippen LogP contribution in [0.5, 0.6) is 11.5 Å². The molecule has 0 fully saturated rings. The lowest BCUT2D eigenvalue weighted by Gasteiger charge is -2.20. The van der Waals surface area contributed by atoms with Gasteiger partial charge >= 0.3 is 0 Å². The first-order valence-corrected chi connectivity index (χ1v) is 11.0. The van der Waals surface area contributed by atoms with E-state index in [2.05, 4.69) is 16.7 Å². The molecule has 0 spiro atoms. The fourth-order valence-corrected chi connectivity index (χ4v) is 3.48. The largest absolute Gasteiger partial charge is 0.493 e. The van der Waals surface area contributed by atoms with Crippen molar-refractivity contribution in [1.29, 1.82) is 0 Å². The normalized spacial score (nSPS) is 12.1. The molecule has 0 radical (unpaired) electrons. The van der Waals surface area contributed by atoms with E-state index in [1.54, 1.807) is 30.3 Å². The molecule has 3 rings (SSSR count). The summed E-state index contributed by atoms with van der Waals surface area (Å²) in [6.45, 7) is 6.09. The minimum Gasteiger partial charge on any atom is -0.493 e. The number of hydrogen-bond donors (Lipinski definition) is 2. The molecular formula is C27H30N2O5. The summed E-state index contributed by atoms with van der Waals surface area (Å²) < 4.78 is 15.9. The Bertz CT molecular complexity index is 1180. The number of rotatable bonds is 9. The quantitative estimate of drug-likeness (QED) is 0.439. The van der Waals surface area contributed by atoms with Crippen LogP contribution < -0.4 is 20.1 Å². The lowest BCUT2D eigenvalue weighted by atomic mass is 9.99. The van der Waals surface area contributed by atoms with Gasteiger partial charge in [0.05, 0.1) is 26.5 Å². The second-order valence-electron chi connectivity index (χ2n) is 7.88. The van der Waals surface area contributed by atoms with E-state index in [1.807, 2.05) is 32.9 Å². The molecule has 34 heavy (non-hydrogen) atoms. The van der Waals surface area contributed by atoms with Gasteiger partial charge in [-0.25, -0.2) is 0 Å². The van der Waals surface area contributed by atoms with Crippen LogP contribution in [0, 0.1) is 13.8 Å². The highest BCUT2D eigenvalue weighted by Crippen LogP contribution is 2.27. The van der Waals surface area contributed by atoms with Gasteiger partial charge in [0.25, 0.3) is 11.8 Å². The Morgan fingerprint density at radius 1 is 1.00 bits per heavy atom. The van der Waals surface area contributed by atoms with Crippen LogP contribution >= 0.6 is 0 Å². The van der Waals surface area contributed by atoms with E-state index in [1.165, 1.54) is 32.1 Å². The van der Waals surface area contributed by atoms with Crippen LogP contribution in [0.2, 0.25) is 0 Å². The molecule has 0 aliphatic heterocycles. The predicted molar refractivity (Wildman–Crippen MR) is 131 cm³/mol. The SMILES string of the molecule is CC[C@H](NC(=O)/C(=C/c1ccco1)NC(=O)c1ccc(OC)c(OC)c1)c1ccc(C)c(C)c1. The van der Waals surface area contributed by atoms with E-state index in [-0.39, 0.29) is 11.7 Å². The van der Waals surface area contributed by atoms with E-state index in [0.717, 1.165) is 11.1 Å². The molecular weight excluding hydrogens is 432 g/mol. The Labute approximate surface area is 199 Å². The number of carbonyl (C=O) groups is 2. The van der Waals surface area contributed by atoms with Gasteiger partial charge in [-0.1, -0.05) is 25.1 Å². The van der Waals surface area contributed by atoms with Crippen LogP contribution in [-0.4, -0.2) is 26.0 Å². The standard InChI is InChI=1S/C27H30N2O5/c1-6-22(19-10-9-17(2)18(3)14-19)28-27(31)23(16-21-8-7-13-34-21)29-26(30)20-11-12-24(32-4)25(15-20)33-5/h7-16,22H,6H2,1-5H3,(H,28,31)(H,29,30)/b23-16-/t22-/m0/s1. The summed E-state index contributed by atoms with van der Waals surface area (Å²) in [6, 6.07) is 14.1. The Kier molecular flexibility index (Phi) is 8.14. The Morgan fingerprint density at radius 2 is 1.76 bits per heavy atom. The second-order valence-corrected chi connectivity index (χ2v) is 7.88. The van der Waals surface area contributed by atoms with E-state index >= 15 is 0 Å². The van der Waals surface area contributed by atoms with Crippen molar-refractivity contribution in [2.24, 2.45) is 0 Å². The molecule has 2 N–H and O–H groups in total. The third-order valence-corrected chi connectivity index (χ3v) is 5.62. The molecule has 178 valence electrons. The number of methoxy groups -OCH3 is 2. The zero-order valence-corrected chi connectivity index (χ0v) is 20.1. The smallest absolute Gasteiger partial charge is 0.268 e. The number of furan rings is 1. The summed E-state index contributed by atoms with van der Waals surface area (Å²) in [4.78, 5) is 26.3. The van der Waals surface area contributed by atoms with Crippen molar-refractivity contribution in [3.8, 4) is 11.5 Å². The summed E-state index contributed by atoms with van der Waals surface area (Å²) in [7, 11) is 3.01. The molecule has 0 bridgehead atoms. The topological polar surface area (TPSA) is 89.8 Å². The van der Waals surface area contributed by atoms with Gasteiger partial charge in [-0.15, -0.1) is 0 Å². The van der Waals surface area contributed by atoms with Gasteiger partial charge in [0.2, 0.25) is 0 Å². The number of carbonyl (C=O) groups excluding carboxylic acids is 2. The minimum atomic E-state index is -0.465. The molecule has 0 saturated heterocycles. The predicted octanol–water partition coefficient (Wildman–Crippen LogP) is 4.95. The van der Waals surface area contributed by atoms with Crippen molar-refractivity contribution < 1.29 is 23.5 Å². The average Bonchev–Trinajstić information content (AvgIpc) is 3.36. The van der Waals surface area contributed by atoms with Crippen LogP contribution in [0.15, 0.2) is 64.9 Å². The van der Waals surface area contributed by atoms with Crippen molar-refractivity contribution in [2.45, 2.75) is 33.2 Å². The summed E-state index contributed by atoms with van der Waals surface area (Å²) in [5, 5.41) is 5.75. The van der Waals surface area contributed by atoms with Gasteiger partial charge in [-0.05, 0) is 67.3 Å². The molecule has 0 aliphatic carbocycles. The van der Waals surface area contributed by atoms with Crippen LogP contribution in [0.25, 0.3) is 6.08 Å². The maximum atomic E-state index is 13.3. The Morgan fingerprint density at radius 3 is 2.38 bits per heavy atom. The number of benzene rings is 2. The number of amides is 2. The monoisotopic (exact) mass is 462 g/mol. The van der Waals surface area contributed by atoms with Crippen LogP contribution in [0.1, 0.15) is 52.2 Å². The van der Waals surface area contributed by atoms with Gasteiger partial charge in [0.15, 0.2) is 11.5 Å². The van der Waals surface area contributed by atoms with Gasteiger partial charge in [-0.2, -0.15) is 0 Å². The molecule has 2 amide bonds. The van der Waals surface area contributed by atoms with Gasteiger partial charge in [0, 0.05) is 11.6 Å². The fraction of sp³-hybridized carbons (Fsp3) is 0.259. The molecule has 1 aromatic heterocycles. The lowest BCUT2D eigenvalue weighted by molar-refractivity contribution is -0.118. The molecule has 1 atom stereocenters. The third-order valence-electron chi connectivity index (χ3n) is 5.62. The lowest BCUT2D eigenvalue weighted by Crippen LogP contribution is -2.36. The van der Waals surface area contributed by atoms with Crippen molar-refractivity contribution in [3.63, 3.8) is 0 Å². The molecule has 7 heteroatoms. The van der Waals surface area contributed by atoms with E-state index in [0.29, 0.717) is 29.2 Å². The Hall–Kier alpha value is -4.00. The molecule has 7 nitrogen and oxygen atoms in total. The van der Waals surface area contributed by atoms with Gasteiger partial charge < -0.3 is 24.5 Å². The van der Waals surface area contributed by atoms with E-state index < -0.39 is 11.8 Å². The summed E-state index contributed by atoms with van der Waals surface area (Å²) >= 11 is 0. The highest BCUT2D eigenvalue weighted by molar-refractivity contribution is 6.05.